The summed E-state index contributed by atoms with van der Waals surface area (Å²) < 4.78 is 21.0. The largest absolute Gasteiger partial charge is 0.467 e. The molecular formula is C22H18FN3O2. The molecule has 0 aliphatic heterocycles. The number of furan rings is 1. The van der Waals surface area contributed by atoms with Crippen LogP contribution in [0, 0.1) is 12.7 Å². The van der Waals surface area contributed by atoms with Gasteiger partial charge in [0.2, 0.25) is 0 Å². The minimum absolute atomic E-state index is 0.250. The van der Waals surface area contributed by atoms with Crippen molar-refractivity contribution >= 4 is 5.91 Å². The first-order chi connectivity index (χ1) is 13.6. The average molecular weight is 375 g/mol. The van der Waals surface area contributed by atoms with Crippen molar-refractivity contribution in [3.8, 4) is 16.9 Å². The maximum absolute atomic E-state index is 14.2. The molecule has 0 bridgehead atoms. The van der Waals surface area contributed by atoms with Crippen LogP contribution >= 0.6 is 0 Å². The first-order valence-electron chi connectivity index (χ1n) is 8.84. The van der Waals surface area contributed by atoms with Gasteiger partial charge in [0.1, 0.15) is 17.3 Å². The van der Waals surface area contributed by atoms with Gasteiger partial charge in [-0.25, -0.2) is 9.07 Å². The molecule has 0 radical (unpaired) electrons. The van der Waals surface area contributed by atoms with E-state index in [0.717, 1.165) is 11.3 Å². The molecule has 6 heteroatoms. The number of rotatable bonds is 5. The van der Waals surface area contributed by atoms with Gasteiger partial charge < -0.3 is 9.73 Å². The lowest BCUT2D eigenvalue weighted by Crippen LogP contribution is -2.25. The second kappa shape index (κ2) is 7.52. The van der Waals surface area contributed by atoms with Crippen molar-refractivity contribution in [3.05, 3.63) is 95.8 Å². The fourth-order valence-corrected chi connectivity index (χ4v) is 2.90. The topological polar surface area (TPSA) is 60.1 Å². The third-order valence-electron chi connectivity index (χ3n) is 4.37. The molecule has 2 aromatic carbocycles. The maximum Gasteiger partial charge on any atom is 0.270 e. The van der Waals surface area contributed by atoms with Crippen molar-refractivity contribution in [1.82, 2.24) is 15.1 Å². The van der Waals surface area contributed by atoms with Crippen LogP contribution in [0.1, 0.15) is 21.8 Å². The van der Waals surface area contributed by atoms with Gasteiger partial charge in [-0.1, -0.05) is 29.8 Å². The van der Waals surface area contributed by atoms with Gasteiger partial charge in [0.05, 0.1) is 24.2 Å². The number of hydrogen-bond acceptors (Lipinski definition) is 3. The zero-order valence-corrected chi connectivity index (χ0v) is 15.2. The third kappa shape index (κ3) is 3.57. The Morgan fingerprint density at radius 2 is 1.89 bits per heavy atom. The smallest absolute Gasteiger partial charge is 0.270 e. The van der Waals surface area contributed by atoms with Crippen LogP contribution in [-0.4, -0.2) is 15.7 Å². The predicted molar refractivity (Wildman–Crippen MR) is 104 cm³/mol. The SMILES string of the molecule is Cc1ccc(-n2nc(-c3ccccc3F)cc2C(=O)NCc2ccco2)cc1. The Labute approximate surface area is 161 Å². The number of nitrogens with zero attached hydrogens (tertiary/aromatic N) is 2. The summed E-state index contributed by atoms with van der Waals surface area (Å²) in [5.41, 5.74) is 2.86. The lowest BCUT2D eigenvalue weighted by molar-refractivity contribution is 0.0940. The Bertz CT molecular complexity index is 1100. The van der Waals surface area contributed by atoms with Crippen LogP contribution in [-0.2, 0) is 6.54 Å². The number of hydrogen-bond donors (Lipinski definition) is 1. The number of carbonyl (C=O) groups is 1. The highest BCUT2D eigenvalue weighted by atomic mass is 19.1. The van der Waals surface area contributed by atoms with Gasteiger partial charge in [0, 0.05) is 5.56 Å². The van der Waals surface area contributed by atoms with Crippen LogP contribution < -0.4 is 5.32 Å². The maximum atomic E-state index is 14.2. The molecule has 0 aliphatic carbocycles. The van der Waals surface area contributed by atoms with E-state index in [2.05, 4.69) is 10.4 Å². The van der Waals surface area contributed by atoms with Crippen LogP contribution in [0.5, 0.6) is 0 Å². The van der Waals surface area contributed by atoms with E-state index >= 15 is 0 Å². The predicted octanol–water partition coefficient (Wildman–Crippen LogP) is 4.51. The summed E-state index contributed by atoms with van der Waals surface area (Å²) in [6.07, 6.45) is 1.55. The van der Waals surface area contributed by atoms with E-state index in [1.54, 1.807) is 42.7 Å². The molecule has 0 atom stereocenters. The Hall–Kier alpha value is -3.67. The zero-order chi connectivity index (χ0) is 19.5. The molecule has 0 saturated heterocycles. The van der Waals surface area contributed by atoms with Gasteiger partial charge in [-0.05, 0) is 49.4 Å². The highest BCUT2D eigenvalue weighted by Crippen LogP contribution is 2.24. The molecular weight excluding hydrogens is 357 g/mol. The summed E-state index contributed by atoms with van der Waals surface area (Å²) in [5, 5.41) is 7.31. The Morgan fingerprint density at radius 1 is 1.11 bits per heavy atom. The molecule has 1 N–H and O–H groups in total. The van der Waals surface area contributed by atoms with Crippen LogP contribution in [0.15, 0.2) is 77.4 Å². The summed E-state index contributed by atoms with van der Waals surface area (Å²) in [6, 6.07) is 19.1. The second-order valence-electron chi connectivity index (χ2n) is 6.40. The molecule has 0 fully saturated rings. The monoisotopic (exact) mass is 375 g/mol. The molecule has 0 aliphatic rings. The quantitative estimate of drug-likeness (QED) is 0.558. The van der Waals surface area contributed by atoms with Gasteiger partial charge in [-0.3, -0.25) is 4.79 Å². The number of aryl methyl sites for hydroxylation is 1. The summed E-state index contributed by atoms with van der Waals surface area (Å²) in [6.45, 7) is 2.23. The lowest BCUT2D eigenvalue weighted by Gasteiger charge is -2.08. The number of benzene rings is 2. The van der Waals surface area contributed by atoms with E-state index in [4.69, 9.17) is 4.42 Å². The second-order valence-corrected chi connectivity index (χ2v) is 6.40. The first-order valence-corrected chi connectivity index (χ1v) is 8.84. The number of amides is 1. The molecule has 0 spiro atoms. The number of halogens is 1. The molecule has 28 heavy (non-hydrogen) atoms. The lowest BCUT2D eigenvalue weighted by atomic mass is 10.1. The molecule has 2 aromatic heterocycles. The summed E-state index contributed by atoms with van der Waals surface area (Å²) >= 11 is 0. The van der Waals surface area contributed by atoms with Crippen LogP contribution in [0.4, 0.5) is 4.39 Å². The van der Waals surface area contributed by atoms with E-state index in [9.17, 15) is 9.18 Å². The van der Waals surface area contributed by atoms with Gasteiger partial charge in [0.25, 0.3) is 5.91 Å². The van der Waals surface area contributed by atoms with Crippen molar-refractivity contribution in [2.45, 2.75) is 13.5 Å². The average Bonchev–Trinajstić information content (AvgIpc) is 3.37. The minimum atomic E-state index is -0.390. The molecule has 2 heterocycles. The van der Waals surface area contributed by atoms with E-state index in [1.807, 2.05) is 31.2 Å². The fourth-order valence-electron chi connectivity index (χ4n) is 2.90. The van der Waals surface area contributed by atoms with Gasteiger partial charge in [-0.2, -0.15) is 5.10 Å². The van der Waals surface area contributed by atoms with E-state index < -0.39 is 5.82 Å². The number of nitrogens with one attached hydrogen (secondary N) is 1. The van der Waals surface area contributed by atoms with Gasteiger partial charge >= 0.3 is 0 Å². The third-order valence-corrected chi connectivity index (χ3v) is 4.37. The Balaban J connectivity index is 1.73. The highest BCUT2D eigenvalue weighted by molar-refractivity contribution is 5.94. The first kappa shape index (κ1) is 17.7. The van der Waals surface area contributed by atoms with E-state index in [-0.39, 0.29) is 12.5 Å². The van der Waals surface area contributed by atoms with Crippen molar-refractivity contribution in [1.29, 1.82) is 0 Å². The molecule has 4 rings (SSSR count). The van der Waals surface area contributed by atoms with Crippen LogP contribution in [0.2, 0.25) is 0 Å². The fraction of sp³-hybridized carbons (Fsp3) is 0.0909. The van der Waals surface area contributed by atoms with Crippen LogP contribution in [0.3, 0.4) is 0 Å². The molecule has 0 unspecified atom stereocenters. The van der Waals surface area contributed by atoms with Crippen molar-refractivity contribution in [2.24, 2.45) is 0 Å². The number of aromatic nitrogens is 2. The molecule has 1 amide bonds. The van der Waals surface area contributed by atoms with E-state index in [0.29, 0.717) is 22.7 Å². The zero-order valence-electron chi connectivity index (χ0n) is 15.2. The number of carbonyl (C=O) groups excluding carboxylic acids is 1. The molecule has 140 valence electrons. The summed E-state index contributed by atoms with van der Waals surface area (Å²) in [5.74, 6) is -0.0743. The van der Waals surface area contributed by atoms with Gasteiger partial charge in [0.15, 0.2) is 0 Å². The van der Waals surface area contributed by atoms with Gasteiger partial charge in [-0.15, -0.1) is 0 Å². The normalized spacial score (nSPS) is 10.8. The summed E-state index contributed by atoms with van der Waals surface area (Å²) in [7, 11) is 0. The molecule has 4 aromatic rings. The van der Waals surface area contributed by atoms with Crippen molar-refractivity contribution in [2.75, 3.05) is 0 Å². The van der Waals surface area contributed by atoms with Crippen LogP contribution in [0.25, 0.3) is 16.9 Å². The Morgan fingerprint density at radius 3 is 2.61 bits per heavy atom. The standard InChI is InChI=1S/C22H18FN3O2/c1-15-8-10-16(11-9-15)26-21(22(27)24-14-17-5-4-12-28-17)13-20(25-26)18-6-2-3-7-19(18)23/h2-13H,14H2,1H3,(H,24,27). The summed E-state index contributed by atoms with van der Waals surface area (Å²) in [4.78, 5) is 12.8. The Kier molecular flexibility index (Phi) is 4.76. The molecule has 5 nitrogen and oxygen atoms in total. The highest BCUT2D eigenvalue weighted by Gasteiger charge is 2.19. The van der Waals surface area contributed by atoms with Crippen molar-refractivity contribution in [3.63, 3.8) is 0 Å². The van der Waals surface area contributed by atoms with E-state index in [1.165, 1.54) is 10.7 Å². The minimum Gasteiger partial charge on any atom is -0.467 e. The molecule has 0 saturated carbocycles. The van der Waals surface area contributed by atoms with Crippen molar-refractivity contribution < 1.29 is 13.6 Å².